The van der Waals surface area contributed by atoms with Gasteiger partial charge in [0, 0.05) is 31.7 Å². The minimum Gasteiger partial charge on any atom is -0.488 e. The molecular weight excluding hydrogens is 361 g/mol. The van der Waals surface area contributed by atoms with Gasteiger partial charge < -0.3 is 10.5 Å². The molecule has 1 atom stereocenters. The molecule has 106 valence electrons. The first-order valence-corrected chi connectivity index (χ1v) is 7.64. The smallest absolute Gasteiger partial charge is 0.125 e. The SMILES string of the molecule is CC(N)c1ccc(Br)cc1OCc1ccc(Cl)cc1Cl. The second-order valence-corrected chi connectivity index (χ2v) is 6.25. The van der Waals surface area contributed by atoms with Crippen molar-refractivity contribution in [2.24, 2.45) is 5.73 Å². The van der Waals surface area contributed by atoms with E-state index in [0.29, 0.717) is 16.7 Å². The van der Waals surface area contributed by atoms with E-state index in [1.807, 2.05) is 31.2 Å². The molecule has 0 saturated heterocycles. The van der Waals surface area contributed by atoms with Crippen LogP contribution in [0.15, 0.2) is 40.9 Å². The summed E-state index contributed by atoms with van der Waals surface area (Å²) in [5.74, 6) is 0.750. The van der Waals surface area contributed by atoms with Crippen LogP contribution >= 0.6 is 39.1 Å². The van der Waals surface area contributed by atoms with E-state index >= 15 is 0 Å². The summed E-state index contributed by atoms with van der Waals surface area (Å²) in [6, 6.07) is 11.1. The Morgan fingerprint density at radius 2 is 1.95 bits per heavy atom. The molecule has 0 aliphatic heterocycles. The maximum atomic E-state index is 6.13. The van der Waals surface area contributed by atoms with Crippen LogP contribution in [0.2, 0.25) is 10.0 Å². The van der Waals surface area contributed by atoms with Crippen LogP contribution in [0.1, 0.15) is 24.1 Å². The van der Waals surface area contributed by atoms with Gasteiger partial charge in [-0.1, -0.05) is 51.3 Å². The third-order valence-corrected chi connectivity index (χ3v) is 3.94. The van der Waals surface area contributed by atoms with E-state index in [0.717, 1.165) is 21.3 Å². The number of halogens is 3. The van der Waals surface area contributed by atoms with Crippen molar-refractivity contribution in [3.8, 4) is 5.75 Å². The molecule has 0 saturated carbocycles. The van der Waals surface area contributed by atoms with Gasteiger partial charge in [0.1, 0.15) is 12.4 Å². The number of ether oxygens (including phenoxy) is 1. The van der Waals surface area contributed by atoms with Crippen LogP contribution in [0.25, 0.3) is 0 Å². The normalized spacial score (nSPS) is 12.2. The van der Waals surface area contributed by atoms with Crippen molar-refractivity contribution < 1.29 is 4.74 Å². The summed E-state index contributed by atoms with van der Waals surface area (Å²) < 4.78 is 6.79. The number of hydrogen-bond acceptors (Lipinski definition) is 2. The summed E-state index contributed by atoms with van der Waals surface area (Å²) in [4.78, 5) is 0. The third kappa shape index (κ3) is 3.89. The maximum Gasteiger partial charge on any atom is 0.125 e. The minimum absolute atomic E-state index is 0.0983. The summed E-state index contributed by atoms with van der Waals surface area (Å²) in [6.07, 6.45) is 0. The highest BCUT2D eigenvalue weighted by Gasteiger charge is 2.10. The lowest BCUT2D eigenvalue weighted by atomic mass is 10.1. The molecule has 5 heteroatoms. The molecule has 0 amide bonds. The lowest BCUT2D eigenvalue weighted by molar-refractivity contribution is 0.301. The highest BCUT2D eigenvalue weighted by Crippen LogP contribution is 2.29. The van der Waals surface area contributed by atoms with Crippen LogP contribution in [0.3, 0.4) is 0 Å². The van der Waals surface area contributed by atoms with E-state index in [1.54, 1.807) is 12.1 Å². The molecule has 0 radical (unpaired) electrons. The summed E-state index contributed by atoms with van der Waals surface area (Å²) in [7, 11) is 0. The zero-order chi connectivity index (χ0) is 14.7. The van der Waals surface area contributed by atoms with E-state index in [9.17, 15) is 0 Å². The van der Waals surface area contributed by atoms with E-state index in [2.05, 4.69) is 15.9 Å². The highest BCUT2D eigenvalue weighted by molar-refractivity contribution is 9.10. The maximum absolute atomic E-state index is 6.13. The van der Waals surface area contributed by atoms with Crippen LogP contribution in [-0.2, 0) is 6.61 Å². The largest absolute Gasteiger partial charge is 0.488 e. The van der Waals surface area contributed by atoms with Crippen molar-refractivity contribution in [3.63, 3.8) is 0 Å². The van der Waals surface area contributed by atoms with E-state index < -0.39 is 0 Å². The fourth-order valence-corrected chi connectivity index (χ4v) is 2.61. The van der Waals surface area contributed by atoms with Gasteiger partial charge in [-0.15, -0.1) is 0 Å². The average Bonchev–Trinajstić information content (AvgIpc) is 2.37. The average molecular weight is 375 g/mol. The topological polar surface area (TPSA) is 35.2 Å². The van der Waals surface area contributed by atoms with Crippen molar-refractivity contribution in [2.75, 3.05) is 0 Å². The Bertz CT molecular complexity index is 617. The molecule has 2 rings (SSSR count). The van der Waals surface area contributed by atoms with Gasteiger partial charge in [-0.2, -0.15) is 0 Å². The number of hydrogen-bond donors (Lipinski definition) is 1. The molecule has 1 unspecified atom stereocenters. The number of benzene rings is 2. The Hall–Kier alpha value is -0.740. The zero-order valence-corrected chi connectivity index (χ0v) is 14.0. The molecule has 2 nitrogen and oxygen atoms in total. The Kier molecular flexibility index (Phi) is 5.33. The summed E-state index contributed by atoms with van der Waals surface area (Å²) >= 11 is 15.4. The lowest BCUT2D eigenvalue weighted by Gasteiger charge is -2.15. The summed E-state index contributed by atoms with van der Waals surface area (Å²) in [6.45, 7) is 2.29. The Morgan fingerprint density at radius 1 is 1.20 bits per heavy atom. The molecule has 2 aromatic carbocycles. The van der Waals surface area contributed by atoms with Gasteiger partial charge >= 0.3 is 0 Å². The first-order chi connectivity index (χ1) is 9.47. The van der Waals surface area contributed by atoms with Crippen molar-refractivity contribution in [1.82, 2.24) is 0 Å². The Labute approximate surface area is 137 Å². The van der Waals surface area contributed by atoms with E-state index in [4.69, 9.17) is 33.7 Å². The van der Waals surface area contributed by atoms with Gasteiger partial charge in [0.2, 0.25) is 0 Å². The molecule has 20 heavy (non-hydrogen) atoms. The van der Waals surface area contributed by atoms with Crippen LogP contribution in [-0.4, -0.2) is 0 Å². The second-order valence-electron chi connectivity index (χ2n) is 4.50. The van der Waals surface area contributed by atoms with Gasteiger partial charge in [0.15, 0.2) is 0 Å². The van der Waals surface area contributed by atoms with Gasteiger partial charge in [0.25, 0.3) is 0 Å². The first kappa shape index (κ1) is 15.6. The van der Waals surface area contributed by atoms with Crippen LogP contribution in [0.5, 0.6) is 5.75 Å². The molecule has 0 aliphatic rings. The quantitative estimate of drug-likeness (QED) is 0.782. The summed E-state index contributed by atoms with van der Waals surface area (Å²) in [5, 5.41) is 1.20. The molecule has 0 spiro atoms. The van der Waals surface area contributed by atoms with E-state index in [-0.39, 0.29) is 6.04 Å². The van der Waals surface area contributed by atoms with E-state index in [1.165, 1.54) is 0 Å². The highest BCUT2D eigenvalue weighted by atomic mass is 79.9. The monoisotopic (exact) mass is 373 g/mol. The molecule has 0 aliphatic carbocycles. The summed E-state index contributed by atoms with van der Waals surface area (Å²) in [5.41, 5.74) is 7.78. The third-order valence-electron chi connectivity index (χ3n) is 2.86. The molecule has 2 aromatic rings. The molecule has 0 fully saturated rings. The Morgan fingerprint density at radius 3 is 2.60 bits per heavy atom. The molecule has 0 bridgehead atoms. The predicted octanol–water partition coefficient (Wildman–Crippen LogP) is 5.35. The van der Waals surface area contributed by atoms with Gasteiger partial charge in [0.05, 0.1) is 0 Å². The van der Waals surface area contributed by atoms with Crippen LogP contribution in [0, 0.1) is 0 Å². The van der Waals surface area contributed by atoms with Crippen LogP contribution in [0.4, 0.5) is 0 Å². The Balaban J connectivity index is 2.20. The number of rotatable bonds is 4. The van der Waals surface area contributed by atoms with Gasteiger partial charge in [-0.3, -0.25) is 0 Å². The molecule has 0 heterocycles. The first-order valence-electron chi connectivity index (χ1n) is 6.09. The fraction of sp³-hybridized carbons (Fsp3) is 0.200. The minimum atomic E-state index is -0.0983. The fourth-order valence-electron chi connectivity index (χ4n) is 1.80. The van der Waals surface area contributed by atoms with Gasteiger partial charge in [-0.05, 0) is 31.2 Å². The molecule has 2 N–H and O–H groups in total. The molecular formula is C15H14BrCl2NO. The zero-order valence-electron chi connectivity index (χ0n) is 10.9. The van der Waals surface area contributed by atoms with Crippen molar-refractivity contribution in [2.45, 2.75) is 19.6 Å². The van der Waals surface area contributed by atoms with Crippen LogP contribution < -0.4 is 10.5 Å². The molecule has 0 aromatic heterocycles. The van der Waals surface area contributed by atoms with Crippen molar-refractivity contribution in [1.29, 1.82) is 0 Å². The van der Waals surface area contributed by atoms with Crippen molar-refractivity contribution >= 4 is 39.1 Å². The van der Waals surface area contributed by atoms with Gasteiger partial charge in [-0.25, -0.2) is 0 Å². The number of nitrogens with two attached hydrogens (primary N) is 1. The second kappa shape index (κ2) is 6.81. The predicted molar refractivity (Wildman–Crippen MR) is 87.5 cm³/mol. The lowest BCUT2D eigenvalue weighted by Crippen LogP contribution is -2.08. The standard InChI is InChI=1S/C15H14BrCl2NO/c1-9(19)13-5-3-11(16)6-15(13)20-8-10-2-4-12(17)7-14(10)18/h2-7,9H,8,19H2,1H3. The van der Waals surface area contributed by atoms with Crippen molar-refractivity contribution in [3.05, 3.63) is 62.0 Å².